The molecule has 1 atom stereocenters. The molecule has 0 aromatic carbocycles. The standard InChI is InChI=1S/C14H23N3O2/c1-13(12-16-8-10-19-11-9-16)15-5-7-17-6-3-2-4-14(17)18/h2-4,6,13,15H,5,7-12H2,1H3. The summed E-state index contributed by atoms with van der Waals surface area (Å²) in [4.78, 5) is 13.9. The summed E-state index contributed by atoms with van der Waals surface area (Å²) in [6.45, 7) is 8.46. The quantitative estimate of drug-likeness (QED) is 0.796. The van der Waals surface area contributed by atoms with Crippen LogP contribution in [0.4, 0.5) is 0 Å². The Kier molecular flexibility index (Phi) is 5.57. The number of rotatable bonds is 6. The first-order chi connectivity index (χ1) is 9.25. The molecule has 0 amide bonds. The molecule has 0 spiro atoms. The van der Waals surface area contributed by atoms with Crippen LogP contribution in [0.5, 0.6) is 0 Å². The highest BCUT2D eigenvalue weighted by Crippen LogP contribution is 1.98. The van der Waals surface area contributed by atoms with Gasteiger partial charge in [-0.25, -0.2) is 0 Å². The maximum atomic E-state index is 11.5. The number of hydrogen-bond donors (Lipinski definition) is 1. The lowest BCUT2D eigenvalue weighted by Crippen LogP contribution is -2.45. The molecule has 5 nitrogen and oxygen atoms in total. The fourth-order valence-corrected chi connectivity index (χ4v) is 2.31. The lowest BCUT2D eigenvalue weighted by Gasteiger charge is -2.29. The minimum absolute atomic E-state index is 0.0603. The van der Waals surface area contributed by atoms with Gasteiger partial charge in [0.25, 0.3) is 5.56 Å². The van der Waals surface area contributed by atoms with E-state index in [9.17, 15) is 4.79 Å². The summed E-state index contributed by atoms with van der Waals surface area (Å²) in [5.41, 5.74) is 0.0603. The molecule has 1 aliphatic heterocycles. The van der Waals surface area contributed by atoms with E-state index in [4.69, 9.17) is 4.74 Å². The van der Waals surface area contributed by atoms with Gasteiger partial charge in [-0.15, -0.1) is 0 Å². The van der Waals surface area contributed by atoms with Gasteiger partial charge >= 0.3 is 0 Å². The minimum Gasteiger partial charge on any atom is -0.379 e. The topological polar surface area (TPSA) is 46.5 Å². The van der Waals surface area contributed by atoms with Gasteiger partial charge in [0, 0.05) is 51.0 Å². The molecule has 1 unspecified atom stereocenters. The Morgan fingerprint density at radius 3 is 2.89 bits per heavy atom. The molecule has 1 N–H and O–H groups in total. The van der Waals surface area contributed by atoms with Gasteiger partial charge < -0.3 is 14.6 Å². The van der Waals surface area contributed by atoms with E-state index in [0.29, 0.717) is 12.6 Å². The lowest BCUT2D eigenvalue weighted by atomic mass is 10.3. The maximum Gasteiger partial charge on any atom is 0.250 e. The van der Waals surface area contributed by atoms with Gasteiger partial charge in [-0.3, -0.25) is 9.69 Å². The van der Waals surface area contributed by atoms with Crippen LogP contribution in [-0.4, -0.2) is 54.9 Å². The third-order valence-electron chi connectivity index (χ3n) is 3.38. The molecular formula is C14H23N3O2. The Balaban J connectivity index is 1.67. The van der Waals surface area contributed by atoms with E-state index >= 15 is 0 Å². The second-order valence-electron chi connectivity index (χ2n) is 5.00. The molecule has 0 radical (unpaired) electrons. The monoisotopic (exact) mass is 265 g/mol. The summed E-state index contributed by atoms with van der Waals surface area (Å²) in [5, 5.41) is 3.46. The van der Waals surface area contributed by atoms with Crippen molar-refractivity contribution in [3.8, 4) is 0 Å². The van der Waals surface area contributed by atoms with Crippen LogP contribution in [0.25, 0.3) is 0 Å². The highest BCUT2D eigenvalue weighted by Gasteiger charge is 2.12. The van der Waals surface area contributed by atoms with E-state index in [2.05, 4.69) is 17.1 Å². The third kappa shape index (κ3) is 4.78. The molecule has 1 saturated heterocycles. The van der Waals surface area contributed by atoms with Crippen LogP contribution in [0.2, 0.25) is 0 Å². The predicted molar refractivity (Wildman–Crippen MR) is 75.4 cm³/mol. The largest absolute Gasteiger partial charge is 0.379 e. The minimum atomic E-state index is 0.0603. The molecule has 2 heterocycles. The van der Waals surface area contributed by atoms with Crippen molar-refractivity contribution in [2.75, 3.05) is 39.4 Å². The summed E-state index contributed by atoms with van der Waals surface area (Å²) < 4.78 is 7.06. The number of ether oxygens (including phenoxy) is 1. The first kappa shape index (κ1) is 14.2. The molecule has 106 valence electrons. The van der Waals surface area contributed by atoms with Crippen molar-refractivity contribution in [2.24, 2.45) is 0 Å². The molecule has 1 fully saturated rings. The number of nitrogens with zero attached hydrogens (tertiary/aromatic N) is 2. The number of pyridine rings is 1. The molecule has 19 heavy (non-hydrogen) atoms. The van der Waals surface area contributed by atoms with Gasteiger partial charge in [-0.1, -0.05) is 6.07 Å². The number of morpholine rings is 1. The SMILES string of the molecule is CC(CN1CCOCC1)NCCn1ccccc1=O. The van der Waals surface area contributed by atoms with E-state index in [1.165, 1.54) is 0 Å². The first-order valence-corrected chi connectivity index (χ1v) is 6.94. The van der Waals surface area contributed by atoms with Crippen molar-refractivity contribution in [1.29, 1.82) is 0 Å². The van der Waals surface area contributed by atoms with Crippen molar-refractivity contribution in [3.05, 3.63) is 34.7 Å². The van der Waals surface area contributed by atoms with Crippen LogP contribution < -0.4 is 10.9 Å². The highest BCUT2D eigenvalue weighted by atomic mass is 16.5. The van der Waals surface area contributed by atoms with Crippen molar-refractivity contribution >= 4 is 0 Å². The van der Waals surface area contributed by atoms with Gasteiger partial charge in [0.2, 0.25) is 0 Å². The fraction of sp³-hybridized carbons (Fsp3) is 0.643. The van der Waals surface area contributed by atoms with Crippen LogP contribution in [0, 0.1) is 0 Å². The van der Waals surface area contributed by atoms with E-state index in [-0.39, 0.29) is 5.56 Å². The van der Waals surface area contributed by atoms with Crippen LogP contribution in [0.3, 0.4) is 0 Å². The van der Waals surface area contributed by atoms with E-state index in [1.807, 2.05) is 12.3 Å². The van der Waals surface area contributed by atoms with Gasteiger partial charge in [0.1, 0.15) is 0 Å². The lowest BCUT2D eigenvalue weighted by molar-refractivity contribution is 0.0344. The Bertz CT molecular complexity index is 427. The first-order valence-electron chi connectivity index (χ1n) is 6.94. The zero-order chi connectivity index (χ0) is 13.5. The van der Waals surface area contributed by atoms with Crippen molar-refractivity contribution in [3.63, 3.8) is 0 Å². The van der Waals surface area contributed by atoms with Gasteiger partial charge in [0.05, 0.1) is 13.2 Å². The maximum absolute atomic E-state index is 11.5. The molecule has 2 rings (SSSR count). The fourth-order valence-electron chi connectivity index (χ4n) is 2.31. The molecule has 1 aromatic heterocycles. The summed E-state index contributed by atoms with van der Waals surface area (Å²) in [7, 11) is 0. The van der Waals surface area contributed by atoms with Crippen molar-refractivity contribution in [2.45, 2.75) is 19.5 Å². The predicted octanol–water partition coefficient (Wildman–Crippen LogP) is 0.159. The zero-order valence-corrected chi connectivity index (χ0v) is 11.5. The second-order valence-corrected chi connectivity index (χ2v) is 5.00. The summed E-state index contributed by atoms with van der Waals surface area (Å²) in [6.07, 6.45) is 1.83. The van der Waals surface area contributed by atoms with E-state index < -0.39 is 0 Å². The number of aromatic nitrogens is 1. The Labute approximate surface area is 114 Å². The molecule has 1 aromatic rings. The highest BCUT2D eigenvalue weighted by molar-refractivity contribution is 4.93. The molecule has 0 bridgehead atoms. The number of nitrogens with one attached hydrogen (secondary N) is 1. The third-order valence-corrected chi connectivity index (χ3v) is 3.38. The van der Waals surface area contributed by atoms with Crippen molar-refractivity contribution in [1.82, 2.24) is 14.8 Å². The van der Waals surface area contributed by atoms with Crippen LogP contribution in [0.1, 0.15) is 6.92 Å². The van der Waals surface area contributed by atoms with Crippen LogP contribution in [0.15, 0.2) is 29.2 Å². The Hall–Kier alpha value is -1.17. The zero-order valence-electron chi connectivity index (χ0n) is 11.5. The second kappa shape index (κ2) is 7.43. The number of hydrogen-bond acceptors (Lipinski definition) is 4. The summed E-state index contributed by atoms with van der Waals surface area (Å²) in [5.74, 6) is 0. The molecular weight excluding hydrogens is 242 g/mol. The molecule has 5 heteroatoms. The average molecular weight is 265 g/mol. The van der Waals surface area contributed by atoms with Gasteiger partial charge in [-0.05, 0) is 13.0 Å². The molecule has 0 saturated carbocycles. The molecule has 1 aliphatic rings. The molecule has 0 aliphatic carbocycles. The summed E-state index contributed by atoms with van der Waals surface area (Å²) in [6, 6.07) is 5.68. The van der Waals surface area contributed by atoms with Gasteiger partial charge in [0.15, 0.2) is 0 Å². The van der Waals surface area contributed by atoms with E-state index in [1.54, 1.807) is 16.7 Å². The van der Waals surface area contributed by atoms with Gasteiger partial charge in [-0.2, -0.15) is 0 Å². The van der Waals surface area contributed by atoms with Crippen molar-refractivity contribution < 1.29 is 4.74 Å². The Morgan fingerprint density at radius 1 is 1.37 bits per heavy atom. The Morgan fingerprint density at radius 2 is 2.16 bits per heavy atom. The smallest absolute Gasteiger partial charge is 0.250 e. The summed E-state index contributed by atoms with van der Waals surface area (Å²) >= 11 is 0. The average Bonchev–Trinajstić information content (AvgIpc) is 2.42. The normalized spacial score (nSPS) is 18.4. The van der Waals surface area contributed by atoms with E-state index in [0.717, 1.165) is 39.4 Å². The van der Waals surface area contributed by atoms with Crippen LogP contribution >= 0.6 is 0 Å². The van der Waals surface area contributed by atoms with Crippen LogP contribution in [-0.2, 0) is 11.3 Å².